The number of benzene rings is 1. The zero-order valence-corrected chi connectivity index (χ0v) is 9.23. The molecule has 2 rings (SSSR count). The molecular formula is C12H15N3O. The Balaban J connectivity index is 2.33. The van der Waals surface area contributed by atoms with Crippen LogP contribution in [0, 0.1) is 6.92 Å². The quantitative estimate of drug-likeness (QED) is 0.822. The first-order valence-corrected chi connectivity index (χ1v) is 5.27. The molecule has 0 bridgehead atoms. The molecule has 3 N–H and O–H groups in total. The molecule has 2 aromatic rings. The average Bonchev–Trinajstić information content (AvgIpc) is 2.75. The van der Waals surface area contributed by atoms with Gasteiger partial charge in [-0.1, -0.05) is 29.4 Å². The smallest absolute Gasteiger partial charge is 0.190 e. The van der Waals surface area contributed by atoms with E-state index >= 15 is 0 Å². The van der Waals surface area contributed by atoms with Gasteiger partial charge >= 0.3 is 0 Å². The van der Waals surface area contributed by atoms with Crippen molar-refractivity contribution >= 4 is 5.69 Å². The van der Waals surface area contributed by atoms with Crippen LogP contribution in [0.15, 0.2) is 35.0 Å². The lowest BCUT2D eigenvalue weighted by Gasteiger charge is -2.05. The second-order valence-electron chi connectivity index (χ2n) is 3.60. The van der Waals surface area contributed by atoms with Crippen molar-refractivity contribution in [1.82, 2.24) is 5.16 Å². The highest BCUT2D eigenvalue weighted by atomic mass is 16.5. The highest BCUT2D eigenvalue weighted by molar-refractivity contribution is 5.74. The molecule has 4 heteroatoms. The van der Waals surface area contributed by atoms with E-state index in [2.05, 4.69) is 10.5 Å². The number of aromatic nitrogens is 1. The zero-order valence-electron chi connectivity index (χ0n) is 9.23. The van der Waals surface area contributed by atoms with Crippen LogP contribution in [0.3, 0.4) is 0 Å². The Morgan fingerprint density at radius 3 is 2.94 bits per heavy atom. The third-order valence-electron chi connectivity index (χ3n) is 2.42. The zero-order chi connectivity index (χ0) is 11.4. The molecule has 0 unspecified atom stereocenters. The molecule has 0 fully saturated rings. The lowest BCUT2D eigenvalue weighted by molar-refractivity contribution is 0.432. The van der Waals surface area contributed by atoms with Crippen molar-refractivity contribution in [3.63, 3.8) is 0 Å². The Bertz CT molecular complexity index is 465. The summed E-state index contributed by atoms with van der Waals surface area (Å²) in [5, 5.41) is 7.00. The fourth-order valence-electron chi connectivity index (χ4n) is 1.59. The van der Waals surface area contributed by atoms with Crippen molar-refractivity contribution in [3.8, 4) is 11.3 Å². The van der Waals surface area contributed by atoms with Gasteiger partial charge < -0.3 is 15.6 Å². The second-order valence-corrected chi connectivity index (χ2v) is 3.60. The van der Waals surface area contributed by atoms with Crippen molar-refractivity contribution in [2.45, 2.75) is 6.92 Å². The van der Waals surface area contributed by atoms with Crippen molar-refractivity contribution in [2.75, 3.05) is 18.4 Å². The van der Waals surface area contributed by atoms with E-state index in [1.165, 1.54) is 0 Å². The predicted octanol–water partition coefficient (Wildman–Crippen LogP) is 2.02. The van der Waals surface area contributed by atoms with Crippen molar-refractivity contribution < 1.29 is 4.52 Å². The molecule has 16 heavy (non-hydrogen) atoms. The van der Waals surface area contributed by atoms with Crippen molar-refractivity contribution in [3.05, 3.63) is 36.0 Å². The fourth-order valence-corrected chi connectivity index (χ4v) is 1.59. The van der Waals surface area contributed by atoms with Crippen LogP contribution in [0.25, 0.3) is 11.3 Å². The molecule has 0 spiro atoms. The van der Waals surface area contributed by atoms with Crippen LogP contribution in [0.5, 0.6) is 0 Å². The lowest BCUT2D eigenvalue weighted by atomic mass is 10.1. The first-order chi connectivity index (χ1) is 7.83. The average molecular weight is 217 g/mol. The Morgan fingerprint density at radius 2 is 2.19 bits per heavy atom. The van der Waals surface area contributed by atoms with Crippen molar-refractivity contribution in [2.24, 2.45) is 5.73 Å². The van der Waals surface area contributed by atoms with E-state index in [4.69, 9.17) is 10.3 Å². The van der Waals surface area contributed by atoms with E-state index < -0.39 is 0 Å². The van der Waals surface area contributed by atoms with Gasteiger partial charge in [-0.25, -0.2) is 0 Å². The first kappa shape index (κ1) is 10.7. The SMILES string of the molecule is Cc1ccccc1-c1oncc1NCCN. The molecule has 0 saturated heterocycles. The number of nitrogens with two attached hydrogens (primary N) is 1. The molecule has 1 aromatic carbocycles. The number of anilines is 1. The van der Waals surface area contributed by atoms with Gasteiger partial charge in [-0.2, -0.15) is 0 Å². The van der Waals surface area contributed by atoms with E-state index in [-0.39, 0.29) is 0 Å². The molecule has 1 aromatic heterocycles. The maximum absolute atomic E-state index is 5.45. The van der Waals surface area contributed by atoms with E-state index in [1.54, 1.807) is 6.20 Å². The Kier molecular flexibility index (Phi) is 3.22. The van der Waals surface area contributed by atoms with Crippen LogP contribution >= 0.6 is 0 Å². The monoisotopic (exact) mass is 217 g/mol. The van der Waals surface area contributed by atoms with Gasteiger partial charge in [-0.3, -0.25) is 0 Å². The minimum absolute atomic E-state index is 0.582. The molecule has 0 saturated carbocycles. The van der Waals surface area contributed by atoms with E-state index in [0.29, 0.717) is 13.1 Å². The van der Waals surface area contributed by atoms with Crippen molar-refractivity contribution in [1.29, 1.82) is 0 Å². The molecular weight excluding hydrogens is 202 g/mol. The van der Waals surface area contributed by atoms with Crippen LogP contribution < -0.4 is 11.1 Å². The number of nitrogens with one attached hydrogen (secondary N) is 1. The minimum atomic E-state index is 0.582. The summed E-state index contributed by atoms with van der Waals surface area (Å²) in [7, 11) is 0. The van der Waals surface area contributed by atoms with Crippen LogP contribution in [0.1, 0.15) is 5.56 Å². The summed E-state index contributed by atoms with van der Waals surface area (Å²) in [4.78, 5) is 0. The number of hydrogen-bond acceptors (Lipinski definition) is 4. The molecule has 0 atom stereocenters. The van der Waals surface area contributed by atoms with Gasteiger partial charge in [0.1, 0.15) is 5.69 Å². The number of rotatable bonds is 4. The molecule has 0 aliphatic heterocycles. The highest BCUT2D eigenvalue weighted by Gasteiger charge is 2.11. The maximum Gasteiger partial charge on any atom is 0.190 e. The summed E-state index contributed by atoms with van der Waals surface area (Å²) in [5.41, 5.74) is 8.56. The minimum Gasteiger partial charge on any atom is -0.379 e. The largest absolute Gasteiger partial charge is 0.379 e. The third-order valence-corrected chi connectivity index (χ3v) is 2.42. The van der Waals surface area contributed by atoms with Gasteiger partial charge in [0.05, 0.1) is 6.20 Å². The molecule has 0 aliphatic rings. The molecule has 4 nitrogen and oxygen atoms in total. The van der Waals surface area contributed by atoms with Crippen LogP contribution in [0.2, 0.25) is 0 Å². The molecule has 0 radical (unpaired) electrons. The van der Waals surface area contributed by atoms with Gasteiger partial charge in [-0.05, 0) is 12.5 Å². The molecule has 1 heterocycles. The number of aryl methyl sites for hydroxylation is 1. The summed E-state index contributed by atoms with van der Waals surface area (Å²) in [5.74, 6) is 0.770. The predicted molar refractivity (Wildman–Crippen MR) is 64.2 cm³/mol. The standard InChI is InChI=1S/C12H15N3O/c1-9-4-2-3-5-10(9)12-11(8-15-16-12)14-7-6-13/h2-5,8,14H,6-7,13H2,1H3. The second kappa shape index (κ2) is 4.81. The number of nitrogens with zero attached hydrogens (tertiary/aromatic N) is 1. The van der Waals surface area contributed by atoms with E-state index in [9.17, 15) is 0 Å². The fraction of sp³-hybridized carbons (Fsp3) is 0.250. The number of hydrogen-bond donors (Lipinski definition) is 2. The van der Waals surface area contributed by atoms with Gasteiger partial charge in [0.2, 0.25) is 0 Å². The topological polar surface area (TPSA) is 64.1 Å². The van der Waals surface area contributed by atoms with E-state index in [0.717, 1.165) is 22.6 Å². The normalized spacial score (nSPS) is 10.4. The van der Waals surface area contributed by atoms with Crippen LogP contribution in [0.4, 0.5) is 5.69 Å². The highest BCUT2D eigenvalue weighted by Crippen LogP contribution is 2.29. The Morgan fingerprint density at radius 1 is 1.38 bits per heavy atom. The lowest BCUT2D eigenvalue weighted by Crippen LogP contribution is -2.13. The van der Waals surface area contributed by atoms with Gasteiger partial charge in [-0.15, -0.1) is 0 Å². The maximum atomic E-state index is 5.45. The van der Waals surface area contributed by atoms with Gasteiger partial charge in [0.25, 0.3) is 0 Å². The Labute approximate surface area is 94.4 Å². The summed E-state index contributed by atoms with van der Waals surface area (Å²) in [6.45, 7) is 3.34. The van der Waals surface area contributed by atoms with Gasteiger partial charge in [0, 0.05) is 18.7 Å². The van der Waals surface area contributed by atoms with E-state index in [1.807, 2.05) is 31.2 Å². The summed E-state index contributed by atoms with van der Waals surface area (Å²) in [6, 6.07) is 8.05. The summed E-state index contributed by atoms with van der Waals surface area (Å²) < 4.78 is 5.28. The molecule has 0 amide bonds. The van der Waals surface area contributed by atoms with Crippen LogP contribution in [-0.2, 0) is 0 Å². The summed E-state index contributed by atoms with van der Waals surface area (Å²) in [6.07, 6.45) is 1.68. The first-order valence-electron chi connectivity index (χ1n) is 5.27. The van der Waals surface area contributed by atoms with Gasteiger partial charge in [0.15, 0.2) is 5.76 Å². The Hall–Kier alpha value is -1.81. The van der Waals surface area contributed by atoms with Crippen LogP contribution in [-0.4, -0.2) is 18.2 Å². The third kappa shape index (κ3) is 2.06. The molecule has 0 aliphatic carbocycles. The summed E-state index contributed by atoms with van der Waals surface area (Å²) >= 11 is 0. The molecule has 84 valence electrons.